The molecule has 0 amide bonds. The molecule has 1 fully saturated rings. The van der Waals surface area contributed by atoms with Gasteiger partial charge in [-0.15, -0.1) is 0 Å². The molecule has 3 rings (SSSR count). The summed E-state index contributed by atoms with van der Waals surface area (Å²) in [6.07, 6.45) is 0. The second-order valence-corrected chi connectivity index (χ2v) is 5.69. The minimum absolute atomic E-state index is 0.196. The first-order valence-electron chi connectivity index (χ1n) is 7.42. The fourth-order valence-corrected chi connectivity index (χ4v) is 3.17. The fourth-order valence-electron chi connectivity index (χ4n) is 3.17. The maximum atomic E-state index is 6.35. The normalized spacial score (nSPS) is 22.4. The molecule has 3 heteroatoms. The Balaban J connectivity index is 1.72. The van der Waals surface area contributed by atoms with Crippen LogP contribution < -0.4 is 10.5 Å². The number of benzene rings is 2. The number of methoxy groups -OCH3 is 1. The third-order valence-corrected chi connectivity index (χ3v) is 4.25. The SMILES string of the molecule is COc1ccccc1CN1C[C@@H](N)[C@H](c2ccccc2)C1. The Labute approximate surface area is 126 Å². The zero-order valence-electron chi connectivity index (χ0n) is 12.4. The van der Waals surface area contributed by atoms with Crippen LogP contribution in [0.5, 0.6) is 5.75 Å². The Bertz CT molecular complexity index is 585. The van der Waals surface area contributed by atoms with Gasteiger partial charge in [-0.05, 0) is 11.6 Å². The van der Waals surface area contributed by atoms with Gasteiger partial charge in [0.25, 0.3) is 0 Å². The Morgan fingerprint density at radius 2 is 1.76 bits per heavy atom. The molecule has 2 aromatic carbocycles. The first kappa shape index (κ1) is 14.1. The molecule has 2 aromatic rings. The van der Waals surface area contributed by atoms with Crippen molar-refractivity contribution in [2.75, 3.05) is 20.2 Å². The number of hydrogen-bond acceptors (Lipinski definition) is 3. The second-order valence-electron chi connectivity index (χ2n) is 5.69. The Kier molecular flexibility index (Phi) is 4.23. The smallest absolute Gasteiger partial charge is 0.123 e. The summed E-state index contributed by atoms with van der Waals surface area (Å²) in [5.74, 6) is 1.37. The molecule has 1 saturated heterocycles. The molecule has 0 radical (unpaired) electrons. The van der Waals surface area contributed by atoms with Crippen molar-refractivity contribution in [3.8, 4) is 5.75 Å². The van der Waals surface area contributed by atoms with Crippen LogP contribution in [0.2, 0.25) is 0 Å². The minimum Gasteiger partial charge on any atom is -0.496 e. The lowest BCUT2D eigenvalue weighted by molar-refractivity contribution is 0.314. The Hall–Kier alpha value is -1.84. The van der Waals surface area contributed by atoms with Crippen LogP contribution in [0.3, 0.4) is 0 Å². The van der Waals surface area contributed by atoms with Crippen LogP contribution in [0, 0.1) is 0 Å². The lowest BCUT2D eigenvalue weighted by atomic mass is 9.95. The molecular weight excluding hydrogens is 260 g/mol. The number of rotatable bonds is 4. The van der Waals surface area contributed by atoms with E-state index in [0.29, 0.717) is 5.92 Å². The van der Waals surface area contributed by atoms with Crippen molar-refractivity contribution < 1.29 is 4.74 Å². The van der Waals surface area contributed by atoms with Gasteiger partial charge in [-0.1, -0.05) is 48.5 Å². The number of likely N-dealkylation sites (tertiary alicyclic amines) is 1. The molecule has 0 aliphatic carbocycles. The summed E-state index contributed by atoms with van der Waals surface area (Å²) >= 11 is 0. The molecule has 3 nitrogen and oxygen atoms in total. The highest BCUT2D eigenvalue weighted by atomic mass is 16.5. The molecular formula is C18H22N2O. The highest BCUT2D eigenvalue weighted by molar-refractivity contribution is 5.33. The van der Waals surface area contributed by atoms with Gasteiger partial charge >= 0.3 is 0 Å². The van der Waals surface area contributed by atoms with Crippen LogP contribution >= 0.6 is 0 Å². The van der Waals surface area contributed by atoms with E-state index in [4.69, 9.17) is 10.5 Å². The molecule has 0 spiro atoms. The van der Waals surface area contributed by atoms with E-state index in [1.807, 2.05) is 12.1 Å². The quantitative estimate of drug-likeness (QED) is 0.937. The van der Waals surface area contributed by atoms with Crippen LogP contribution in [-0.4, -0.2) is 31.1 Å². The zero-order chi connectivity index (χ0) is 14.7. The average Bonchev–Trinajstić information content (AvgIpc) is 2.89. The molecule has 2 atom stereocenters. The first-order valence-corrected chi connectivity index (χ1v) is 7.42. The zero-order valence-corrected chi connectivity index (χ0v) is 12.4. The third-order valence-electron chi connectivity index (χ3n) is 4.25. The van der Waals surface area contributed by atoms with Crippen molar-refractivity contribution in [2.45, 2.75) is 18.5 Å². The largest absolute Gasteiger partial charge is 0.496 e. The molecule has 1 aliphatic rings. The third kappa shape index (κ3) is 3.09. The van der Waals surface area contributed by atoms with E-state index in [2.05, 4.69) is 47.4 Å². The Morgan fingerprint density at radius 1 is 1.05 bits per heavy atom. The molecule has 0 unspecified atom stereocenters. The molecule has 0 aromatic heterocycles. The molecule has 1 heterocycles. The van der Waals surface area contributed by atoms with Gasteiger partial charge in [-0.3, -0.25) is 4.90 Å². The van der Waals surface area contributed by atoms with Gasteiger partial charge in [-0.25, -0.2) is 0 Å². The average molecular weight is 282 g/mol. The maximum Gasteiger partial charge on any atom is 0.123 e. The minimum atomic E-state index is 0.196. The van der Waals surface area contributed by atoms with Crippen molar-refractivity contribution in [1.82, 2.24) is 4.90 Å². The lowest BCUT2D eigenvalue weighted by Crippen LogP contribution is -2.28. The number of ether oxygens (including phenoxy) is 1. The first-order chi connectivity index (χ1) is 10.3. The second kappa shape index (κ2) is 6.29. The van der Waals surface area contributed by atoms with E-state index in [1.54, 1.807) is 7.11 Å². The van der Waals surface area contributed by atoms with E-state index in [0.717, 1.165) is 25.4 Å². The van der Waals surface area contributed by atoms with Crippen LogP contribution in [0.15, 0.2) is 54.6 Å². The monoisotopic (exact) mass is 282 g/mol. The predicted octanol–water partition coefficient (Wildman–Crippen LogP) is 2.62. The lowest BCUT2D eigenvalue weighted by Gasteiger charge is -2.17. The molecule has 0 saturated carbocycles. The van der Waals surface area contributed by atoms with Crippen molar-refractivity contribution in [1.29, 1.82) is 0 Å². The standard InChI is InChI=1S/C18H22N2O/c1-21-18-10-6-5-9-15(18)11-20-12-16(17(19)13-20)14-7-3-2-4-8-14/h2-10,16-17H,11-13,19H2,1H3/t16-,17+/m0/s1. The van der Waals surface area contributed by atoms with Crippen LogP contribution in [-0.2, 0) is 6.54 Å². The van der Waals surface area contributed by atoms with Crippen molar-refractivity contribution >= 4 is 0 Å². The van der Waals surface area contributed by atoms with E-state index < -0.39 is 0 Å². The number of hydrogen-bond donors (Lipinski definition) is 1. The van der Waals surface area contributed by atoms with E-state index >= 15 is 0 Å². The summed E-state index contributed by atoms with van der Waals surface area (Å²) in [6.45, 7) is 2.82. The summed E-state index contributed by atoms with van der Waals surface area (Å²) < 4.78 is 5.44. The van der Waals surface area contributed by atoms with Gasteiger partial charge in [0, 0.05) is 37.2 Å². The van der Waals surface area contributed by atoms with Gasteiger partial charge < -0.3 is 10.5 Å². The molecule has 2 N–H and O–H groups in total. The summed E-state index contributed by atoms with van der Waals surface area (Å²) in [5, 5.41) is 0. The molecule has 1 aliphatic heterocycles. The van der Waals surface area contributed by atoms with Gasteiger partial charge in [0.2, 0.25) is 0 Å². The van der Waals surface area contributed by atoms with Crippen LogP contribution in [0.4, 0.5) is 0 Å². The highest BCUT2D eigenvalue weighted by Crippen LogP contribution is 2.29. The number of nitrogens with zero attached hydrogens (tertiary/aromatic N) is 1. The van der Waals surface area contributed by atoms with Crippen molar-refractivity contribution in [3.63, 3.8) is 0 Å². The summed E-state index contributed by atoms with van der Waals surface area (Å²) in [7, 11) is 1.72. The van der Waals surface area contributed by atoms with Crippen molar-refractivity contribution in [3.05, 3.63) is 65.7 Å². The maximum absolute atomic E-state index is 6.35. The molecule has 110 valence electrons. The van der Waals surface area contributed by atoms with Crippen molar-refractivity contribution in [2.24, 2.45) is 5.73 Å². The molecule has 21 heavy (non-hydrogen) atoms. The fraction of sp³-hybridized carbons (Fsp3) is 0.333. The van der Waals surface area contributed by atoms with Gasteiger partial charge in [0.05, 0.1) is 7.11 Å². The summed E-state index contributed by atoms with van der Waals surface area (Å²) in [5.41, 5.74) is 8.92. The van der Waals surface area contributed by atoms with E-state index in [9.17, 15) is 0 Å². The van der Waals surface area contributed by atoms with Gasteiger partial charge in [-0.2, -0.15) is 0 Å². The number of nitrogens with two attached hydrogens (primary N) is 1. The van der Waals surface area contributed by atoms with Gasteiger partial charge in [0.1, 0.15) is 5.75 Å². The van der Waals surface area contributed by atoms with Crippen LogP contribution in [0.1, 0.15) is 17.0 Å². The van der Waals surface area contributed by atoms with E-state index in [-0.39, 0.29) is 6.04 Å². The predicted molar refractivity (Wildman–Crippen MR) is 85.4 cm³/mol. The summed E-state index contributed by atoms with van der Waals surface area (Å²) in [6, 6.07) is 19.0. The highest BCUT2D eigenvalue weighted by Gasteiger charge is 2.31. The Morgan fingerprint density at radius 3 is 2.52 bits per heavy atom. The van der Waals surface area contributed by atoms with E-state index in [1.165, 1.54) is 11.1 Å². The number of para-hydroxylation sites is 1. The molecule has 0 bridgehead atoms. The summed E-state index contributed by atoms with van der Waals surface area (Å²) in [4.78, 5) is 2.42. The van der Waals surface area contributed by atoms with Crippen LogP contribution in [0.25, 0.3) is 0 Å². The van der Waals surface area contributed by atoms with Gasteiger partial charge in [0.15, 0.2) is 0 Å². The topological polar surface area (TPSA) is 38.5 Å².